The number of hydrogen-bond acceptors (Lipinski definition) is 8. The maximum Gasteiger partial charge on any atom is 0.407 e. The highest BCUT2D eigenvalue weighted by atomic mass is 16.6. The summed E-state index contributed by atoms with van der Waals surface area (Å²) in [4.78, 5) is 59.4. The number of amides is 3. The second kappa shape index (κ2) is 14.6. The van der Waals surface area contributed by atoms with Gasteiger partial charge in [0.2, 0.25) is 17.7 Å². The zero-order valence-electron chi connectivity index (χ0n) is 28.0. The van der Waals surface area contributed by atoms with Crippen molar-refractivity contribution < 1.29 is 38.5 Å². The van der Waals surface area contributed by atoms with E-state index in [1.54, 1.807) is 6.07 Å². The van der Waals surface area contributed by atoms with Gasteiger partial charge < -0.3 is 34.9 Å². The number of nitrogens with zero attached hydrogens (tertiary/aromatic N) is 2. The van der Waals surface area contributed by atoms with Crippen LogP contribution < -0.4 is 20.1 Å². The molecular formula is C36H48N4O8. The molecule has 3 heterocycles. The molecule has 0 spiro atoms. The molecule has 2 saturated carbocycles. The predicted molar refractivity (Wildman–Crippen MR) is 177 cm³/mol. The Morgan fingerprint density at radius 1 is 1.06 bits per heavy atom. The number of para-hydroxylation sites is 1. The molecule has 12 heteroatoms. The summed E-state index contributed by atoms with van der Waals surface area (Å²) < 4.78 is 17.9. The fourth-order valence-electron chi connectivity index (χ4n) is 7.74. The number of carbonyl (C=O) groups is 4. The average molecular weight is 665 g/mol. The number of ether oxygens (including phenoxy) is 3. The molecule has 3 amide bonds. The number of nitrogens with one attached hydrogen (secondary N) is 2. The van der Waals surface area contributed by atoms with E-state index in [0.717, 1.165) is 67.8 Å². The highest BCUT2D eigenvalue weighted by Gasteiger charge is 2.62. The fourth-order valence-corrected chi connectivity index (χ4v) is 7.74. The lowest BCUT2D eigenvalue weighted by Crippen LogP contribution is -2.53. The zero-order chi connectivity index (χ0) is 33.8. The van der Waals surface area contributed by atoms with Gasteiger partial charge in [-0.3, -0.25) is 9.59 Å². The lowest BCUT2D eigenvalue weighted by Gasteiger charge is -2.27. The van der Waals surface area contributed by atoms with E-state index < -0.39 is 41.7 Å². The Balaban J connectivity index is 1.25. The van der Waals surface area contributed by atoms with Gasteiger partial charge in [-0.1, -0.05) is 37.8 Å². The maximum atomic E-state index is 14.1. The van der Waals surface area contributed by atoms with Gasteiger partial charge in [-0.05, 0) is 76.3 Å². The molecule has 260 valence electrons. The molecule has 12 nitrogen and oxygen atoms in total. The first-order chi connectivity index (χ1) is 23.2. The summed E-state index contributed by atoms with van der Waals surface area (Å²) in [6, 6.07) is 6.13. The normalized spacial score (nSPS) is 28.4. The van der Waals surface area contributed by atoms with Crippen molar-refractivity contribution >= 4 is 34.8 Å². The number of carbonyl (C=O) groups excluding carboxylic acids is 3. The van der Waals surface area contributed by atoms with Gasteiger partial charge >= 0.3 is 12.1 Å². The third-order valence-electron chi connectivity index (χ3n) is 10.5. The van der Waals surface area contributed by atoms with Crippen molar-refractivity contribution in [3.05, 3.63) is 29.8 Å². The Hall–Kier alpha value is -4.09. The number of carboxylic acids is 1. The summed E-state index contributed by atoms with van der Waals surface area (Å²) in [6.07, 6.45) is 7.92. The molecule has 0 unspecified atom stereocenters. The van der Waals surface area contributed by atoms with Crippen LogP contribution in [0.2, 0.25) is 0 Å². The minimum atomic E-state index is -1.32. The van der Waals surface area contributed by atoms with E-state index in [1.807, 2.05) is 32.0 Å². The number of aryl methyl sites for hydroxylation is 1. The number of benzene rings is 1. The monoisotopic (exact) mass is 664 g/mol. The first-order valence-corrected chi connectivity index (χ1v) is 17.7. The van der Waals surface area contributed by atoms with Crippen LogP contribution in [0.15, 0.2) is 24.3 Å². The highest BCUT2D eigenvalue weighted by Crippen LogP contribution is 2.47. The van der Waals surface area contributed by atoms with E-state index in [4.69, 9.17) is 14.2 Å². The Labute approximate surface area is 281 Å². The Morgan fingerprint density at radius 3 is 2.56 bits per heavy atom. The molecule has 4 aliphatic rings. The molecule has 2 aliphatic carbocycles. The van der Waals surface area contributed by atoms with E-state index in [0.29, 0.717) is 37.5 Å². The van der Waals surface area contributed by atoms with Crippen molar-refractivity contribution in [2.45, 2.75) is 127 Å². The van der Waals surface area contributed by atoms with Crippen LogP contribution in [0.5, 0.6) is 11.6 Å². The number of aromatic nitrogens is 1. The van der Waals surface area contributed by atoms with Gasteiger partial charge in [0.1, 0.15) is 29.5 Å². The number of alkyl carbamates (subject to hydrolysis) is 1. The average Bonchev–Trinajstić information content (AvgIpc) is 3.33. The Kier molecular flexibility index (Phi) is 10.3. The highest BCUT2D eigenvalue weighted by molar-refractivity contribution is 5.95. The number of rotatable bonds is 7. The van der Waals surface area contributed by atoms with Crippen molar-refractivity contribution in [2.24, 2.45) is 5.92 Å². The van der Waals surface area contributed by atoms with Gasteiger partial charge in [-0.2, -0.15) is 0 Å². The third-order valence-corrected chi connectivity index (χ3v) is 10.5. The van der Waals surface area contributed by atoms with Crippen LogP contribution in [0.3, 0.4) is 0 Å². The molecule has 0 radical (unpaired) electrons. The smallest absolute Gasteiger partial charge is 0.407 e. The number of hydrogen-bond donors (Lipinski definition) is 3. The van der Waals surface area contributed by atoms with Gasteiger partial charge in [0.05, 0.1) is 18.7 Å². The van der Waals surface area contributed by atoms with E-state index in [1.165, 1.54) is 4.90 Å². The van der Waals surface area contributed by atoms with Crippen LogP contribution in [-0.2, 0) is 19.1 Å². The summed E-state index contributed by atoms with van der Waals surface area (Å²) in [5, 5.41) is 16.8. The molecule has 3 N–H and O–H groups in total. The Morgan fingerprint density at radius 2 is 1.81 bits per heavy atom. The summed E-state index contributed by atoms with van der Waals surface area (Å²) in [6.45, 7) is 4.38. The molecule has 0 bridgehead atoms. The summed E-state index contributed by atoms with van der Waals surface area (Å²) in [7, 11) is 0. The van der Waals surface area contributed by atoms with Crippen LogP contribution >= 0.6 is 0 Å². The summed E-state index contributed by atoms with van der Waals surface area (Å²) in [5.41, 5.74) is 0.377. The van der Waals surface area contributed by atoms with Crippen molar-refractivity contribution in [1.29, 1.82) is 0 Å². The second-order valence-electron chi connectivity index (χ2n) is 13.9. The van der Waals surface area contributed by atoms with Crippen molar-refractivity contribution in [1.82, 2.24) is 20.5 Å². The first kappa shape index (κ1) is 33.8. The largest absolute Gasteiger partial charge is 0.488 e. The molecule has 1 aromatic carbocycles. The third kappa shape index (κ3) is 7.47. The standard InChI is InChI=1S/C36H48N4O8/c1-3-46-30-19-29(27-16-10-11-22(2)32(27)38-30)47-26-18-28-33(42)39-36(34(43)44)20-23(36)12-6-4-5-7-13-24(17-31(41)40(28)21-26)37-35(45)48-25-14-8-9-15-25/h10-11,16,19,23-26,28H,3-9,12-15,17-18,20-21H2,1-2H3,(H,37,45)(H,39,42)(H,43,44)/t23-,24-,26+,28-,36+/m0/s1. The van der Waals surface area contributed by atoms with Crippen molar-refractivity contribution in [3.8, 4) is 11.6 Å². The van der Waals surface area contributed by atoms with Crippen molar-refractivity contribution in [2.75, 3.05) is 13.2 Å². The molecule has 5 atom stereocenters. The lowest BCUT2D eigenvalue weighted by atomic mass is 10.0. The van der Waals surface area contributed by atoms with Gasteiger partial charge in [-0.25, -0.2) is 14.6 Å². The predicted octanol–water partition coefficient (Wildman–Crippen LogP) is 5.03. The van der Waals surface area contributed by atoms with E-state index in [2.05, 4.69) is 15.6 Å². The SMILES string of the molecule is CCOc1cc(O[C@@H]2C[C@H]3C(=O)N[C@]4(C(=O)O)C[C@@H]4CCCCCC[C@H](NC(=O)OC4CCCC4)CC(=O)N3C2)c2cccc(C)c2n1. The minimum absolute atomic E-state index is 0.00512. The summed E-state index contributed by atoms with van der Waals surface area (Å²) in [5.74, 6) is -1.04. The zero-order valence-corrected chi connectivity index (χ0v) is 28.0. The Bertz CT molecular complexity index is 1530. The maximum absolute atomic E-state index is 14.1. The van der Waals surface area contributed by atoms with Crippen LogP contribution in [0, 0.1) is 12.8 Å². The number of pyridine rings is 1. The quantitative estimate of drug-likeness (QED) is 0.369. The van der Waals surface area contributed by atoms with E-state index >= 15 is 0 Å². The molecule has 1 aromatic heterocycles. The molecular weight excluding hydrogens is 616 g/mol. The van der Waals surface area contributed by atoms with Gasteiger partial charge in [-0.15, -0.1) is 0 Å². The van der Waals surface area contributed by atoms with Crippen LogP contribution in [0.25, 0.3) is 10.9 Å². The van der Waals surface area contributed by atoms with Gasteiger partial charge in [0, 0.05) is 30.3 Å². The molecule has 2 aliphatic heterocycles. The minimum Gasteiger partial charge on any atom is -0.488 e. The van der Waals surface area contributed by atoms with Crippen molar-refractivity contribution in [3.63, 3.8) is 0 Å². The fraction of sp³-hybridized carbons (Fsp3) is 0.639. The molecule has 4 fully saturated rings. The van der Waals surface area contributed by atoms with Gasteiger partial charge in [0.15, 0.2) is 0 Å². The number of carboxylic acid groups (broad SMARTS) is 1. The lowest BCUT2D eigenvalue weighted by molar-refractivity contribution is -0.145. The summed E-state index contributed by atoms with van der Waals surface area (Å²) >= 11 is 0. The number of aliphatic carboxylic acids is 1. The van der Waals surface area contributed by atoms with E-state index in [-0.39, 0.29) is 37.3 Å². The number of fused-ring (bicyclic) bond motifs is 3. The molecule has 2 aromatic rings. The topological polar surface area (TPSA) is 156 Å². The van der Waals surface area contributed by atoms with Crippen LogP contribution in [-0.4, -0.2) is 81.8 Å². The van der Waals surface area contributed by atoms with Crippen LogP contribution in [0.4, 0.5) is 4.79 Å². The molecule has 6 rings (SSSR count). The molecule has 48 heavy (non-hydrogen) atoms. The first-order valence-electron chi connectivity index (χ1n) is 17.7. The van der Waals surface area contributed by atoms with Crippen LogP contribution in [0.1, 0.15) is 96.0 Å². The van der Waals surface area contributed by atoms with Gasteiger partial charge in [0.25, 0.3) is 0 Å². The second-order valence-corrected chi connectivity index (χ2v) is 13.9. The van der Waals surface area contributed by atoms with E-state index in [9.17, 15) is 24.3 Å². The molecule has 2 saturated heterocycles.